The Labute approximate surface area is 198 Å². The Balaban J connectivity index is 1.53. The molecular weight excluding hydrogens is 484 g/mol. The molecule has 0 bridgehead atoms. The molecule has 0 radical (unpaired) electrons. The molecule has 164 valence electrons. The van der Waals surface area contributed by atoms with Gasteiger partial charge < -0.3 is 13.9 Å². The number of nitrogens with zero attached hydrogens (tertiary/aromatic N) is 2. The third-order valence-corrected chi connectivity index (χ3v) is 5.69. The number of aromatic nitrogens is 2. The molecule has 0 fully saturated rings. The average molecular weight is 503 g/mol. The predicted molar refractivity (Wildman–Crippen MR) is 129 cm³/mol. The van der Waals surface area contributed by atoms with Crippen LogP contribution in [-0.2, 0) is 13.2 Å². The van der Waals surface area contributed by atoms with E-state index < -0.39 is 5.76 Å². The fourth-order valence-corrected chi connectivity index (χ4v) is 3.90. The van der Waals surface area contributed by atoms with E-state index >= 15 is 0 Å². The van der Waals surface area contributed by atoms with E-state index in [1.807, 2.05) is 78.9 Å². The fourth-order valence-electron chi connectivity index (χ4n) is 3.46. The van der Waals surface area contributed by atoms with Crippen molar-refractivity contribution in [2.45, 2.75) is 13.2 Å². The van der Waals surface area contributed by atoms with Gasteiger partial charge in [0.05, 0.1) is 9.99 Å². The van der Waals surface area contributed by atoms with Gasteiger partial charge in [-0.2, -0.15) is 4.98 Å². The molecule has 6 nitrogen and oxygen atoms in total. The van der Waals surface area contributed by atoms with Crippen LogP contribution >= 0.6 is 15.9 Å². The molecule has 0 aliphatic carbocycles. The smallest absolute Gasteiger partial charge is 0.424 e. The Hall–Kier alpha value is -3.84. The van der Waals surface area contributed by atoms with Gasteiger partial charge in [0.15, 0.2) is 5.58 Å². The van der Waals surface area contributed by atoms with E-state index in [4.69, 9.17) is 13.9 Å². The highest BCUT2D eigenvalue weighted by molar-refractivity contribution is 9.10. The van der Waals surface area contributed by atoms with Crippen LogP contribution in [0, 0.1) is 0 Å². The summed E-state index contributed by atoms with van der Waals surface area (Å²) in [6.07, 6.45) is 0. The van der Waals surface area contributed by atoms with Gasteiger partial charge in [0.1, 0.15) is 18.9 Å². The van der Waals surface area contributed by atoms with Gasteiger partial charge in [-0.15, -0.1) is 0 Å². The first-order valence-electron chi connectivity index (χ1n) is 10.3. The molecule has 0 spiro atoms. The number of oxazole rings is 1. The number of ether oxygens (including phenoxy) is 2. The molecule has 33 heavy (non-hydrogen) atoms. The van der Waals surface area contributed by atoms with Crippen molar-refractivity contribution >= 4 is 27.0 Å². The first-order chi connectivity index (χ1) is 16.2. The summed E-state index contributed by atoms with van der Waals surface area (Å²) in [5, 5.41) is 0. The van der Waals surface area contributed by atoms with Crippen LogP contribution < -0.4 is 15.2 Å². The number of hydrogen-bond acceptors (Lipinski definition) is 5. The number of para-hydroxylation sites is 1. The molecule has 7 heteroatoms. The van der Waals surface area contributed by atoms with Gasteiger partial charge in [0, 0.05) is 6.07 Å². The monoisotopic (exact) mass is 502 g/mol. The summed E-state index contributed by atoms with van der Waals surface area (Å²) in [5.41, 5.74) is 3.55. The summed E-state index contributed by atoms with van der Waals surface area (Å²) in [6, 6.07) is 28.5. The molecule has 3 aromatic carbocycles. The van der Waals surface area contributed by atoms with Crippen molar-refractivity contribution in [1.82, 2.24) is 9.55 Å². The SMILES string of the molecule is O=c1oc2c(Br)cccc2n1-c1ccc(OCc2ccccc2)nc1OCc1ccccc1. The summed E-state index contributed by atoms with van der Waals surface area (Å²) >= 11 is 3.44. The molecular formula is C26H19BrN2O4. The minimum atomic E-state index is -0.527. The zero-order chi connectivity index (χ0) is 22.6. The first kappa shape index (κ1) is 21.0. The lowest BCUT2D eigenvalue weighted by Crippen LogP contribution is -2.14. The zero-order valence-corrected chi connectivity index (χ0v) is 19.1. The topological polar surface area (TPSA) is 66.5 Å². The molecule has 0 saturated heterocycles. The van der Waals surface area contributed by atoms with Gasteiger partial charge >= 0.3 is 5.76 Å². The first-order valence-corrected chi connectivity index (χ1v) is 11.1. The zero-order valence-electron chi connectivity index (χ0n) is 17.5. The van der Waals surface area contributed by atoms with Crippen LogP contribution in [0.25, 0.3) is 16.8 Å². The molecule has 0 aliphatic rings. The van der Waals surface area contributed by atoms with Gasteiger partial charge in [0.25, 0.3) is 0 Å². The van der Waals surface area contributed by atoms with Crippen molar-refractivity contribution in [3.05, 3.63) is 117 Å². The van der Waals surface area contributed by atoms with Crippen molar-refractivity contribution in [2.75, 3.05) is 0 Å². The maximum absolute atomic E-state index is 12.8. The van der Waals surface area contributed by atoms with Gasteiger partial charge in [-0.1, -0.05) is 66.7 Å². The summed E-state index contributed by atoms with van der Waals surface area (Å²) in [5.74, 6) is 0.142. The Morgan fingerprint density at radius 3 is 2.15 bits per heavy atom. The van der Waals surface area contributed by atoms with E-state index in [0.29, 0.717) is 33.7 Å². The lowest BCUT2D eigenvalue weighted by atomic mass is 10.2. The highest BCUT2D eigenvalue weighted by Gasteiger charge is 2.19. The number of fused-ring (bicyclic) bond motifs is 1. The van der Waals surface area contributed by atoms with E-state index in [0.717, 1.165) is 11.1 Å². The summed E-state index contributed by atoms with van der Waals surface area (Å²) in [6.45, 7) is 0.657. The van der Waals surface area contributed by atoms with Gasteiger partial charge in [-0.05, 0) is 45.3 Å². The van der Waals surface area contributed by atoms with Crippen LogP contribution in [0.15, 0.2) is 105 Å². The Morgan fingerprint density at radius 2 is 1.45 bits per heavy atom. The van der Waals surface area contributed by atoms with Crippen LogP contribution in [0.4, 0.5) is 0 Å². The Bertz CT molecular complexity index is 1450. The van der Waals surface area contributed by atoms with Crippen LogP contribution in [0.2, 0.25) is 0 Å². The van der Waals surface area contributed by atoms with Crippen LogP contribution in [0.1, 0.15) is 11.1 Å². The summed E-state index contributed by atoms with van der Waals surface area (Å²) < 4.78 is 19.6. The number of halogens is 1. The maximum Gasteiger partial charge on any atom is 0.424 e. The van der Waals surface area contributed by atoms with E-state index in [1.54, 1.807) is 12.1 Å². The van der Waals surface area contributed by atoms with Crippen LogP contribution in [-0.4, -0.2) is 9.55 Å². The molecule has 5 aromatic rings. The molecule has 0 saturated carbocycles. The predicted octanol–water partition coefficient (Wildman–Crippen LogP) is 5.90. The third kappa shape index (κ3) is 4.54. The molecule has 0 N–H and O–H groups in total. The number of rotatable bonds is 7. The average Bonchev–Trinajstić information content (AvgIpc) is 3.20. The van der Waals surface area contributed by atoms with Gasteiger partial charge in [0.2, 0.25) is 11.8 Å². The minimum absolute atomic E-state index is 0.272. The van der Waals surface area contributed by atoms with Crippen molar-refractivity contribution in [3.63, 3.8) is 0 Å². The highest BCUT2D eigenvalue weighted by atomic mass is 79.9. The van der Waals surface area contributed by atoms with Crippen molar-refractivity contribution in [2.24, 2.45) is 0 Å². The fraction of sp³-hybridized carbons (Fsp3) is 0.0769. The molecule has 0 aliphatic heterocycles. The van der Waals surface area contributed by atoms with Crippen molar-refractivity contribution < 1.29 is 13.9 Å². The second-order valence-electron chi connectivity index (χ2n) is 7.31. The third-order valence-electron chi connectivity index (χ3n) is 5.06. The van der Waals surface area contributed by atoms with E-state index in [-0.39, 0.29) is 12.5 Å². The molecule has 0 atom stereocenters. The van der Waals surface area contributed by atoms with Crippen molar-refractivity contribution in [3.8, 4) is 17.4 Å². The van der Waals surface area contributed by atoms with E-state index in [1.165, 1.54) is 4.57 Å². The molecule has 0 amide bonds. The molecule has 5 rings (SSSR count). The highest BCUT2D eigenvalue weighted by Crippen LogP contribution is 2.30. The molecule has 2 aromatic heterocycles. The van der Waals surface area contributed by atoms with Crippen LogP contribution in [0.5, 0.6) is 11.8 Å². The van der Waals surface area contributed by atoms with Gasteiger partial charge in [-0.3, -0.25) is 0 Å². The maximum atomic E-state index is 12.8. The lowest BCUT2D eigenvalue weighted by Gasteiger charge is -2.13. The van der Waals surface area contributed by atoms with Gasteiger partial charge in [-0.25, -0.2) is 9.36 Å². The molecule has 2 heterocycles. The van der Waals surface area contributed by atoms with E-state index in [9.17, 15) is 4.79 Å². The molecule has 0 unspecified atom stereocenters. The standard InChI is InChI=1S/C26H19BrN2O4/c27-20-12-7-13-21-24(20)33-26(30)29(21)22-14-15-23(31-16-18-8-3-1-4-9-18)28-25(22)32-17-19-10-5-2-6-11-19/h1-15H,16-17H2. The second kappa shape index (κ2) is 9.34. The Morgan fingerprint density at radius 1 is 0.788 bits per heavy atom. The summed E-state index contributed by atoms with van der Waals surface area (Å²) in [7, 11) is 0. The number of pyridine rings is 1. The normalized spacial score (nSPS) is 10.9. The summed E-state index contributed by atoms with van der Waals surface area (Å²) in [4.78, 5) is 17.3. The number of hydrogen-bond donors (Lipinski definition) is 0. The second-order valence-corrected chi connectivity index (χ2v) is 8.17. The lowest BCUT2D eigenvalue weighted by molar-refractivity contribution is 0.267. The Kier molecular flexibility index (Phi) is 5.95. The van der Waals surface area contributed by atoms with Crippen LogP contribution in [0.3, 0.4) is 0 Å². The minimum Gasteiger partial charge on any atom is -0.473 e. The number of benzene rings is 3. The van der Waals surface area contributed by atoms with E-state index in [2.05, 4.69) is 20.9 Å². The quantitative estimate of drug-likeness (QED) is 0.277. The van der Waals surface area contributed by atoms with Crippen molar-refractivity contribution in [1.29, 1.82) is 0 Å². The largest absolute Gasteiger partial charge is 0.473 e.